The summed E-state index contributed by atoms with van der Waals surface area (Å²) in [5.41, 5.74) is 0. The third-order valence-corrected chi connectivity index (χ3v) is 7.42. The molecule has 3 fully saturated rings. The number of likely N-dealkylation sites (tertiary alicyclic amines) is 1. The number of carbonyl (C=O) groups is 1. The molecule has 0 radical (unpaired) electrons. The summed E-state index contributed by atoms with van der Waals surface area (Å²) < 4.78 is 23.8. The van der Waals surface area contributed by atoms with Crippen molar-refractivity contribution in [3.05, 3.63) is 0 Å². The van der Waals surface area contributed by atoms with Crippen LogP contribution in [0.25, 0.3) is 0 Å². The highest BCUT2D eigenvalue weighted by Crippen LogP contribution is 2.28. The van der Waals surface area contributed by atoms with Crippen molar-refractivity contribution in [1.82, 2.24) is 9.80 Å². The van der Waals surface area contributed by atoms with Gasteiger partial charge in [0.1, 0.15) is 0 Å². The maximum atomic E-state index is 13.0. The van der Waals surface area contributed by atoms with E-state index >= 15 is 0 Å². The summed E-state index contributed by atoms with van der Waals surface area (Å²) in [4.78, 5) is 17.3. The van der Waals surface area contributed by atoms with Crippen LogP contribution in [0.4, 0.5) is 0 Å². The summed E-state index contributed by atoms with van der Waals surface area (Å²) in [7, 11) is -2.95. The van der Waals surface area contributed by atoms with Gasteiger partial charge in [0.25, 0.3) is 0 Å². The number of hydrogen-bond donors (Lipinski definition) is 0. The number of piperidine rings is 1. The fourth-order valence-corrected chi connectivity index (χ4v) is 6.16. The number of hydrogen-bond acceptors (Lipinski definition) is 4. The lowest BCUT2D eigenvalue weighted by atomic mass is 9.92. The number of sulfone groups is 1. The van der Waals surface area contributed by atoms with Crippen LogP contribution < -0.4 is 0 Å². The van der Waals surface area contributed by atoms with E-state index in [2.05, 4.69) is 4.90 Å². The highest BCUT2D eigenvalue weighted by Gasteiger charge is 2.38. The van der Waals surface area contributed by atoms with Crippen LogP contribution in [0.3, 0.4) is 0 Å². The molecule has 0 unspecified atom stereocenters. The quantitative estimate of drug-likeness (QED) is 0.782. The Kier molecular flexibility index (Phi) is 5.62. The van der Waals surface area contributed by atoms with E-state index in [1.807, 2.05) is 4.90 Å². The molecule has 2 heterocycles. The average molecular weight is 343 g/mol. The molecule has 5 nitrogen and oxygen atoms in total. The molecule has 0 aromatic carbocycles. The van der Waals surface area contributed by atoms with Crippen LogP contribution in [0.2, 0.25) is 0 Å². The lowest BCUT2D eigenvalue weighted by Gasteiger charge is -2.39. The molecule has 6 heteroatoms. The van der Waals surface area contributed by atoms with Gasteiger partial charge in [0.05, 0.1) is 18.1 Å². The monoisotopic (exact) mass is 342 g/mol. The zero-order valence-corrected chi connectivity index (χ0v) is 14.9. The largest absolute Gasteiger partial charge is 0.335 e. The predicted molar refractivity (Wildman–Crippen MR) is 91.1 cm³/mol. The fraction of sp³-hybridized carbons (Fsp3) is 0.941. The van der Waals surface area contributed by atoms with Crippen LogP contribution in [0.1, 0.15) is 57.8 Å². The van der Waals surface area contributed by atoms with Gasteiger partial charge in [0.15, 0.2) is 9.84 Å². The van der Waals surface area contributed by atoms with Gasteiger partial charge in [-0.1, -0.05) is 25.7 Å². The van der Waals surface area contributed by atoms with Crippen molar-refractivity contribution in [1.29, 1.82) is 0 Å². The Balaban J connectivity index is 1.69. The molecule has 0 aromatic rings. The summed E-state index contributed by atoms with van der Waals surface area (Å²) in [6, 6.07) is 0.180. The standard InChI is InChI=1S/C17H30N2O3S/c20-17(13-18-10-5-2-6-11-18)19(15-7-3-1-4-8-15)16-9-12-23(21,22)14-16/h15-16H,1-14H2/t16-/m0/s1. The third kappa shape index (κ3) is 4.47. The first-order chi connectivity index (χ1) is 11.1. The van der Waals surface area contributed by atoms with Gasteiger partial charge in [0.2, 0.25) is 5.91 Å². The Morgan fingerprint density at radius 1 is 0.913 bits per heavy atom. The van der Waals surface area contributed by atoms with Gasteiger partial charge >= 0.3 is 0 Å². The van der Waals surface area contributed by atoms with E-state index in [9.17, 15) is 13.2 Å². The van der Waals surface area contributed by atoms with E-state index < -0.39 is 9.84 Å². The lowest BCUT2D eigenvalue weighted by molar-refractivity contribution is -0.138. The molecule has 1 atom stereocenters. The molecule has 1 saturated carbocycles. The molecule has 2 aliphatic heterocycles. The molecular weight excluding hydrogens is 312 g/mol. The van der Waals surface area contributed by atoms with Crippen molar-refractivity contribution in [2.45, 2.75) is 69.9 Å². The molecule has 1 amide bonds. The van der Waals surface area contributed by atoms with Crippen LogP contribution in [0, 0.1) is 0 Å². The van der Waals surface area contributed by atoms with Gasteiger partial charge in [-0.3, -0.25) is 9.69 Å². The topological polar surface area (TPSA) is 57.7 Å². The van der Waals surface area contributed by atoms with Gasteiger partial charge in [-0.05, 0) is 45.2 Å². The predicted octanol–water partition coefficient (Wildman–Crippen LogP) is 1.82. The minimum absolute atomic E-state index is 0.0830. The molecule has 0 spiro atoms. The van der Waals surface area contributed by atoms with Gasteiger partial charge in [-0.15, -0.1) is 0 Å². The van der Waals surface area contributed by atoms with Crippen LogP contribution in [-0.2, 0) is 14.6 Å². The Labute approximate surface area is 140 Å². The summed E-state index contributed by atoms with van der Waals surface area (Å²) >= 11 is 0. The zero-order chi connectivity index (χ0) is 16.3. The SMILES string of the molecule is O=C(CN1CCCCC1)N(C1CCCCC1)[C@H]1CCS(=O)(=O)C1. The maximum absolute atomic E-state index is 13.0. The van der Waals surface area contributed by atoms with E-state index in [0.29, 0.717) is 13.0 Å². The van der Waals surface area contributed by atoms with E-state index in [1.54, 1.807) is 0 Å². The summed E-state index contributed by atoms with van der Waals surface area (Å²) in [5.74, 6) is 0.591. The summed E-state index contributed by atoms with van der Waals surface area (Å²) in [5, 5.41) is 0. The van der Waals surface area contributed by atoms with E-state index in [0.717, 1.165) is 38.8 Å². The second-order valence-corrected chi connectivity index (χ2v) is 9.72. The Morgan fingerprint density at radius 2 is 1.57 bits per heavy atom. The Bertz CT molecular complexity index is 508. The van der Waals surface area contributed by atoms with Crippen molar-refractivity contribution >= 4 is 15.7 Å². The van der Waals surface area contributed by atoms with E-state index in [1.165, 1.54) is 25.7 Å². The van der Waals surface area contributed by atoms with Crippen LogP contribution in [-0.4, -0.2) is 67.3 Å². The zero-order valence-electron chi connectivity index (χ0n) is 14.1. The van der Waals surface area contributed by atoms with Gasteiger partial charge in [-0.2, -0.15) is 0 Å². The average Bonchev–Trinajstić information content (AvgIpc) is 2.89. The first kappa shape index (κ1) is 17.2. The van der Waals surface area contributed by atoms with Crippen molar-refractivity contribution in [3.8, 4) is 0 Å². The number of rotatable bonds is 4. The van der Waals surface area contributed by atoms with Crippen LogP contribution >= 0.6 is 0 Å². The van der Waals surface area contributed by atoms with E-state index in [-0.39, 0.29) is 29.5 Å². The van der Waals surface area contributed by atoms with Crippen molar-refractivity contribution in [3.63, 3.8) is 0 Å². The Hall–Kier alpha value is -0.620. The van der Waals surface area contributed by atoms with Crippen molar-refractivity contribution in [2.75, 3.05) is 31.1 Å². The van der Waals surface area contributed by atoms with E-state index in [4.69, 9.17) is 0 Å². The molecule has 0 bridgehead atoms. The summed E-state index contributed by atoms with van der Waals surface area (Å²) in [6.07, 6.45) is 9.90. The Morgan fingerprint density at radius 3 is 2.17 bits per heavy atom. The minimum Gasteiger partial charge on any atom is -0.335 e. The summed E-state index contributed by atoms with van der Waals surface area (Å²) in [6.45, 7) is 2.49. The molecule has 3 aliphatic rings. The molecule has 0 aromatic heterocycles. The van der Waals surface area contributed by atoms with Crippen LogP contribution in [0.5, 0.6) is 0 Å². The second kappa shape index (κ2) is 7.51. The minimum atomic E-state index is -2.95. The number of amides is 1. The van der Waals surface area contributed by atoms with Crippen molar-refractivity contribution < 1.29 is 13.2 Å². The lowest BCUT2D eigenvalue weighted by Crippen LogP contribution is -2.52. The molecular formula is C17H30N2O3S. The normalized spacial score (nSPS) is 29.5. The third-order valence-electron chi connectivity index (χ3n) is 5.67. The van der Waals surface area contributed by atoms with Gasteiger partial charge in [-0.25, -0.2) is 8.42 Å². The molecule has 23 heavy (non-hydrogen) atoms. The number of nitrogens with zero attached hydrogens (tertiary/aromatic N) is 2. The fourth-order valence-electron chi connectivity index (χ4n) is 4.45. The molecule has 3 rings (SSSR count). The first-order valence-electron chi connectivity index (χ1n) is 9.29. The first-order valence-corrected chi connectivity index (χ1v) is 11.1. The number of carbonyl (C=O) groups excluding carboxylic acids is 1. The molecule has 2 saturated heterocycles. The highest BCUT2D eigenvalue weighted by atomic mass is 32.2. The van der Waals surface area contributed by atoms with Gasteiger partial charge < -0.3 is 4.90 Å². The molecule has 132 valence electrons. The second-order valence-electron chi connectivity index (χ2n) is 7.49. The maximum Gasteiger partial charge on any atom is 0.237 e. The molecule has 0 N–H and O–H groups in total. The van der Waals surface area contributed by atoms with Crippen LogP contribution in [0.15, 0.2) is 0 Å². The van der Waals surface area contributed by atoms with Crippen molar-refractivity contribution in [2.24, 2.45) is 0 Å². The molecule has 1 aliphatic carbocycles. The highest BCUT2D eigenvalue weighted by molar-refractivity contribution is 7.91. The van der Waals surface area contributed by atoms with Gasteiger partial charge in [0, 0.05) is 12.1 Å². The smallest absolute Gasteiger partial charge is 0.237 e.